The van der Waals surface area contributed by atoms with Gasteiger partial charge in [-0.25, -0.2) is 19.9 Å². The maximum Gasteiger partial charge on any atom is 0.164 e. The predicted molar refractivity (Wildman–Crippen MR) is 366 cm³/mol. The van der Waals surface area contributed by atoms with E-state index in [2.05, 4.69) is 340 Å². The highest BCUT2D eigenvalue weighted by Crippen LogP contribution is 2.40. The summed E-state index contributed by atoms with van der Waals surface area (Å²) >= 11 is 0. The van der Waals surface area contributed by atoms with Crippen molar-refractivity contribution in [3.05, 3.63) is 340 Å². The highest BCUT2D eigenvalue weighted by atomic mass is 15.0. The molecule has 0 spiro atoms. The van der Waals surface area contributed by atoms with Crippen LogP contribution in [0.15, 0.2) is 340 Å². The second-order valence-corrected chi connectivity index (χ2v) is 22.2. The lowest BCUT2D eigenvalue weighted by molar-refractivity contribution is 1.07. The number of hydrogen-bond donors (Lipinski definition) is 0. The summed E-state index contributed by atoms with van der Waals surface area (Å²) in [6.07, 6.45) is 0. The summed E-state index contributed by atoms with van der Waals surface area (Å²) in [7, 11) is 0. The van der Waals surface area contributed by atoms with Crippen LogP contribution in [0.25, 0.3) is 156 Å². The van der Waals surface area contributed by atoms with Gasteiger partial charge in [0, 0.05) is 27.8 Å². The van der Waals surface area contributed by atoms with Crippen LogP contribution in [0.2, 0.25) is 0 Å². The first-order valence-corrected chi connectivity index (χ1v) is 29.8. The minimum Gasteiger partial charge on any atom is -0.248 e. The van der Waals surface area contributed by atoms with Gasteiger partial charge in [0.25, 0.3) is 0 Å². The van der Waals surface area contributed by atoms with E-state index in [-0.39, 0.29) is 0 Å². The molecule has 0 bridgehead atoms. The molecule has 412 valence electrons. The van der Waals surface area contributed by atoms with Gasteiger partial charge in [-0.2, -0.15) is 0 Å². The number of aromatic nitrogens is 4. The number of hydrogen-bond acceptors (Lipinski definition) is 4. The van der Waals surface area contributed by atoms with E-state index in [0.717, 1.165) is 111 Å². The van der Waals surface area contributed by atoms with Crippen molar-refractivity contribution in [3.8, 4) is 146 Å². The van der Waals surface area contributed by atoms with Gasteiger partial charge in [0.05, 0.1) is 11.4 Å². The van der Waals surface area contributed by atoms with Crippen molar-refractivity contribution < 1.29 is 0 Å². The van der Waals surface area contributed by atoms with E-state index in [1.807, 2.05) is 0 Å². The van der Waals surface area contributed by atoms with Crippen molar-refractivity contribution in [2.45, 2.75) is 0 Å². The zero-order chi connectivity index (χ0) is 58.6. The van der Waals surface area contributed by atoms with Crippen molar-refractivity contribution >= 4 is 10.8 Å². The van der Waals surface area contributed by atoms with Gasteiger partial charge in [0.1, 0.15) is 0 Å². The van der Waals surface area contributed by atoms with Crippen LogP contribution in [0.3, 0.4) is 0 Å². The molecule has 88 heavy (non-hydrogen) atoms. The fourth-order valence-electron chi connectivity index (χ4n) is 12.0. The lowest BCUT2D eigenvalue weighted by atomic mass is 9.92. The molecule has 15 aromatic rings. The van der Waals surface area contributed by atoms with Crippen LogP contribution >= 0.6 is 0 Å². The molecule has 15 rings (SSSR count). The van der Waals surface area contributed by atoms with Gasteiger partial charge in [-0.1, -0.05) is 255 Å². The Morgan fingerprint density at radius 2 is 0.409 bits per heavy atom. The highest BCUT2D eigenvalue weighted by molar-refractivity contribution is 6.02. The van der Waals surface area contributed by atoms with Gasteiger partial charge in [-0.15, -0.1) is 0 Å². The third-order valence-electron chi connectivity index (χ3n) is 16.4. The van der Waals surface area contributed by atoms with E-state index in [9.17, 15) is 0 Å². The number of rotatable bonds is 13. The van der Waals surface area contributed by atoms with Gasteiger partial charge in [-0.3, -0.25) is 0 Å². The number of pyridine rings is 1. The molecular weight excluding hydrogens is 1060 g/mol. The van der Waals surface area contributed by atoms with Crippen molar-refractivity contribution in [3.63, 3.8) is 0 Å². The molecule has 2 heterocycles. The van der Waals surface area contributed by atoms with E-state index in [1.54, 1.807) is 0 Å². The van der Waals surface area contributed by atoms with Gasteiger partial charge in [-0.05, 0) is 185 Å². The lowest BCUT2D eigenvalue weighted by Crippen LogP contribution is -2.01. The molecule has 0 radical (unpaired) electrons. The smallest absolute Gasteiger partial charge is 0.164 e. The number of nitrogens with zero attached hydrogens (tertiary/aromatic N) is 4. The second kappa shape index (κ2) is 23.7. The summed E-state index contributed by atoms with van der Waals surface area (Å²) < 4.78 is 0. The molecule has 13 aromatic carbocycles. The van der Waals surface area contributed by atoms with Crippen LogP contribution in [0.1, 0.15) is 0 Å². The summed E-state index contributed by atoms with van der Waals surface area (Å²) in [6, 6.07) is 121. The molecule has 0 aliphatic heterocycles. The Morgan fingerprint density at radius 3 is 0.795 bits per heavy atom. The molecule has 0 amide bonds. The Labute approximate surface area is 513 Å². The molecule has 4 nitrogen and oxygen atoms in total. The summed E-state index contributed by atoms with van der Waals surface area (Å²) in [5, 5.41) is 2.34. The Morgan fingerprint density at radius 1 is 0.148 bits per heavy atom. The predicted octanol–water partition coefficient (Wildman–Crippen LogP) is 22.1. The van der Waals surface area contributed by atoms with E-state index < -0.39 is 0 Å². The monoisotopic (exact) mass is 1120 g/mol. The Kier molecular flexibility index (Phi) is 14.3. The van der Waals surface area contributed by atoms with E-state index >= 15 is 0 Å². The van der Waals surface area contributed by atoms with Crippen molar-refractivity contribution in [2.24, 2.45) is 0 Å². The average Bonchev–Trinajstić information content (AvgIpc) is 3.18. The molecule has 0 aliphatic carbocycles. The van der Waals surface area contributed by atoms with E-state index in [0.29, 0.717) is 17.5 Å². The maximum absolute atomic E-state index is 5.39. The van der Waals surface area contributed by atoms with Crippen LogP contribution in [0.5, 0.6) is 0 Å². The van der Waals surface area contributed by atoms with Crippen molar-refractivity contribution in [1.82, 2.24) is 19.9 Å². The minimum absolute atomic E-state index is 0.557. The minimum atomic E-state index is 0.557. The third kappa shape index (κ3) is 11.1. The Balaban J connectivity index is 0.843. The first kappa shape index (κ1) is 53.0. The molecule has 0 unspecified atom stereocenters. The van der Waals surface area contributed by atoms with Gasteiger partial charge in [0.15, 0.2) is 17.5 Å². The van der Waals surface area contributed by atoms with E-state index in [4.69, 9.17) is 19.9 Å². The Bertz CT molecular complexity index is 4690. The van der Waals surface area contributed by atoms with Crippen LogP contribution in [0, 0.1) is 0 Å². The number of fused-ring (bicyclic) bond motifs is 1. The molecule has 0 atom stereocenters. The van der Waals surface area contributed by atoms with Gasteiger partial charge < -0.3 is 0 Å². The molecule has 0 N–H and O–H groups in total. The van der Waals surface area contributed by atoms with Gasteiger partial charge >= 0.3 is 0 Å². The molecule has 0 saturated heterocycles. The van der Waals surface area contributed by atoms with Crippen LogP contribution in [0.4, 0.5) is 0 Å². The van der Waals surface area contributed by atoms with E-state index in [1.165, 1.54) is 27.6 Å². The molecule has 0 fully saturated rings. The topological polar surface area (TPSA) is 51.6 Å². The Hall–Kier alpha value is -11.7. The normalized spacial score (nSPS) is 11.2. The standard InChI is InChI=1S/C84H56N4/c1-7-23-57(24-8-1)70-49-71(58-25-9-2-10-26-58)52-74(51-70)63-35-19-38-67(45-63)82-86-83(68-39-20-36-64(46-68)75-53-72(59-27-11-3-12-28-59)50-73(54-75)60-29-13-4-14-30-60)88-84(87-82)69-40-21-37-65(47-69)80-41-22-42-81(85-80)66-43-44-78-77(48-66)55-76(61-31-15-5-16-32-61)56-79(78)62-33-17-6-18-34-62/h1-56H. The average molecular weight is 1120 g/mol. The molecule has 0 aliphatic rings. The molecule has 2 aromatic heterocycles. The summed E-state index contributed by atoms with van der Waals surface area (Å²) in [4.78, 5) is 21.5. The summed E-state index contributed by atoms with van der Waals surface area (Å²) in [6.45, 7) is 0. The number of benzene rings is 13. The fraction of sp³-hybridized carbons (Fsp3) is 0. The molecule has 0 saturated carbocycles. The SMILES string of the molecule is c1ccc(-c2cc(-c3ccccc3)cc(-c3cccc(-c4nc(-c5cccc(-c6cc(-c7ccccc7)cc(-c7ccccc7)c6)c5)nc(-c5cccc(-c6cccc(-c7ccc8c(-c9ccccc9)cc(-c9ccccc9)cc8c7)n6)c5)n4)c3)c2)cc1. The van der Waals surface area contributed by atoms with Crippen LogP contribution < -0.4 is 0 Å². The van der Waals surface area contributed by atoms with Crippen LogP contribution in [-0.2, 0) is 0 Å². The van der Waals surface area contributed by atoms with Crippen molar-refractivity contribution in [2.75, 3.05) is 0 Å². The first-order chi connectivity index (χ1) is 43.5. The largest absolute Gasteiger partial charge is 0.248 e. The summed E-state index contributed by atoms with van der Waals surface area (Å²) in [5.74, 6) is 1.70. The molecule has 4 heteroatoms. The quantitative estimate of drug-likeness (QED) is 0.115. The first-order valence-electron chi connectivity index (χ1n) is 29.8. The lowest BCUT2D eigenvalue weighted by Gasteiger charge is -2.14. The summed E-state index contributed by atoms with van der Waals surface area (Å²) in [5.41, 5.74) is 24.5. The third-order valence-corrected chi connectivity index (χ3v) is 16.4. The maximum atomic E-state index is 5.39. The zero-order valence-corrected chi connectivity index (χ0v) is 48.1. The molecular formula is C84H56N4. The van der Waals surface area contributed by atoms with Gasteiger partial charge in [0.2, 0.25) is 0 Å². The van der Waals surface area contributed by atoms with Crippen molar-refractivity contribution in [1.29, 1.82) is 0 Å². The zero-order valence-electron chi connectivity index (χ0n) is 48.1. The van der Waals surface area contributed by atoms with Crippen LogP contribution in [-0.4, -0.2) is 19.9 Å². The highest BCUT2D eigenvalue weighted by Gasteiger charge is 2.18. The fourth-order valence-corrected chi connectivity index (χ4v) is 12.0. The second-order valence-electron chi connectivity index (χ2n) is 22.2.